The molecule has 1 unspecified atom stereocenters. The van der Waals surface area contributed by atoms with Gasteiger partial charge in [-0.05, 0) is 45.6 Å². The summed E-state index contributed by atoms with van der Waals surface area (Å²) in [5.74, 6) is 1.32. The summed E-state index contributed by atoms with van der Waals surface area (Å²) in [4.78, 5) is 2.46. The lowest BCUT2D eigenvalue weighted by Gasteiger charge is -2.37. The summed E-state index contributed by atoms with van der Waals surface area (Å²) >= 11 is 0. The Kier molecular flexibility index (Phi) is 6.93. The molecule has 0 saturated heterocycles. The zero-order valence-electron chi connectivity index (χ0n) is 11.8. The number of hydrogen-bond acceptors (Lipinski definition) is 2. The number of nitrogens with two attached hydrogens (primary N) is 1. The monoisotopic (exact) mass is 226 g/mol. The molecule has 0 aliphatic heterocycles. The van der Waals surface area contributed by atoms with E-state index in [0.717, 1.165) is 25.6 Å². The van der Waals surface area contributed by atoms with E-state index in [4.69, 9.17) is 5.73 Å². The summed E-state index contributed by atoms with van der Waals surface area (Å²) in [6.07, 6.45) is 3.19. The molecule has 0 heterocycles. The van der Waals surface area contributed by atoms with Crippen molar-refractivity contribution < 1.29 is 0 Å². The third-order valence-corrected chi connectivity index (χ3v) is 2.91. The summed E-state index contributed by atoms with van der Waals surface area (Å²) in [6.45, 7) is 17.9. The van der Waals surface area contributed by atoms with Crippen LogP contribution in [0.5, 0.6) is 0 Å². The maximum atomic E-state index is 5.86. The zero-order chi connectivity index (χ0) is 12.8. The second kappa shape index (κ2) is 7.08. The van der Waals surface area contributed by atoms with Gasteiger partial charge in [0.1, 0.15) is 0 Å². The molecule has 96 valence electrons. The summed E-state index contributed by atoms with van der Waals surface area (Å²) < 4.78 is 0. The lowest BCUT2D eigenvalue weighted by atomic mass is 9.94. The Balaban J connectivity index is 4.40. The first-order chi connectivity index (χ1) is 7.31. The van der Waals surface area contributed by atoms with Gasteiger partial charge >= 0.3 is 0 Å². The molecule has 0 aromatic carbocycles. The van der Waals surface area contributed by atoms with E-state index in [1.807, 2.05) is 6.08 Å². The highest BCUT2D eigenvalue weighted by Gasteiger charge is 2.23. The predicted molar refractivity (Wildman–Crippen MR) is 73.5 cm³/mol. The van der Waals surface area contributed by atoms with Crippen LogP contribution in [0.1, 0.15) is 41.0 Å². The Morgan fingerprint density at radius 2 is 1.88 bits per heavy atom. The summed E-state index contributed by atoms with van der Waals surface area (Å²) in [6, 6.07) is 0. The van der Waals surface area contributed by atoms with Crippen LogP contribution in [0, 0.1) is 11.8 Å². The molecule has 1 atom stereocenters. The van der Waals surface area contributed by atoms with Crippen molar-refractivity contribution in [1.82, 2.24) is 4.90 Å². The van der Waals surface area contributed by atoms with Crippen molar-refractivity contribution in [3.8, 4) is 0 Å². The summed E-state index contributed by atoms with van der Waals surface area (Å²) in [5, 5.41) is 0. The molecular weight excluding hydrogens is 196 g/mol. The highest BCUT2D eigenvalue weighted by Crippen LogP contribution is 2.18. The van der Waals surface area contributed by atoms with Crippen molar-refractivity contribution in [1.29, 1.82) is 0 Å². The SMILES string of the molecule is C=CCN(CC(CN)CC(C)C)C(C)(C)C. The molecule has 0 aliphatic rings. The largest absolute Gasteiger partial charge is 0.330 e. The fourth-order valence-corrected chi connectivity index (χ4v) is 2.00. The Bertz CT molecular complexity index is 191. The first-order valence-corrected chi connectivity index (χ1v) is 6.37. The molecule has 0 fully saturated rings. The lowest BCUT2D eigenvalue weighted by molar-refractivity contribution is 0.124. The first-order valence-electron chi connectivity index (χ1n) is 6.37. The van der Waals surface area contributed by atoms with Gasteiger partial charge in [-0.15, -0.1) is 6.58 Å². The van der Waals surface area contributed by atoms with Gasteiger partial charge in [0.25, 0.3) is 0 Å². The van der Waals surface area contributed by atoms with Crippen LogP contribution in [0.2, 0.25) is 0 Å². The van der Waals surface area contributed by atoms with Crippen LogP contribution < -0.4 is 5.73 Å². The Morgan fingerprint density at radius 3 is 2.19 bits per heavy atom. The fourth-order valence-electron chi connectivity index (χ4n) is 2.00. The van der Waals surface area contributed by atoms with Crippen molar-refractivity contribution in [2.75, 3.05) is 19.6 Å². The highest BCUT2D eigenvalue weighted by molar-refractivity contribution is 4.84. The van der Waals surface area contributed by atoms with E-state index in [9.17, 15) is 0 Å². The van der Waals surface area contributed by atoms with Crippen LogP contribution in [0.15, 0.2) is 12.7 Å². The maximum Gasteiger partial charge on any atom is 0.0165 e. The van der Waals surface area contributed by atoms with Crippen molar-refractivity contribution >= 4 is 0 Å². The first kappa shape index (κ1) is 15.7. The minimum Gasteiger partial charge on any atom is -0.330 e. The molecule has 0 aromatic heterocycles. The molecule has 0 rings (SSSR count). The Labute approximate surface area is 102 Å². The van der Waals surface area contributed by atoms with E-state index in [2.05, 4.69) is 46.1 Å². The number of nitrogens with zero attached hydrogens (tertiary/aromatic N) is 1. The van der Waals surface area contributed by atoms with E-state index in [-0.39, 0.29) is 5.54 Å². The topological polar surface area (TPSA) is 29.3 Å². The van der Waals surface area contributed by atoms with Gasteiger partial charge < -0.3 is 5.73 Å². The van der Waals surface area contributed by atoms with Gasteiger partial charge in [-0.3, -0.25) is 4.90 Å². The zero-order valence-corrected chi connectivity index (χ0v) is 11.8. The summed E-state index contributed by atoms with van der Waals surface area (Å²) in [5.41, 5.74) is 6.05. The molecule has 0 bridgehead atoms. The molecule has 0 spiro atoms. The van der Waals surface area contributed by atoms with E-state index in [1.54, 1.807) is 0 Å². The average Bonchev–Trinajstić information content (AvgIpc) is 2.13. The fraction of sp³-hybridized carbons (Fsp3) is 0.857. The highest BCUT2D eigenvalue weighted by atomic mass is 15.2. The third kappa shape index (κ3) is 6.29. The average molecular weight is 226 g/mol. The minimum absolute atomic E-state index is 0.193. The van der Waals surface area contributed by atoms with Crippen LogP contribution in [-0.4, -0.2) is 30.1 Å². The Hall–Kier alpha value is -0.340. The van der Waals surface area contributed by atoms with Crippen LogP contribution in [0.4, 0.5) is 0 Å². The van der Waals surface area contributed by atoms with Gasteiger partial charge in [0.15, 0.2) is 0 Å². The molecule has 0 radical (unpaired) electrons. The van der Waals surface area contributed by atoms with E-state index in [1.165, 1.54) is 6.42 Å². The quantitative estimate of drug-likeness (QED) is 0.676. The second-order valence-electron chi connectivity index (χ2n) is 6.10. The maximum absolute atomic E-state index is 5.86. The van der Waals surface area contributed by atoms with E-state index < -0.39 is 0 Å². The van der Waals surface area contributed by atoms with Crippen molar-refractivity contribution in [3.63, 3.8) is 0 Å². The molecule has 2 nitrogen and oxygen atoms in total. The molecular formula is C14H30N2. The summed E-state index contributed by atoms with van der Waals surface area (Å²) in [7, 11) is 0. The number of hydrogen-bond donors (Lipinski definition) is 1. The normalized spacial score (nSPS) is 14.5. The van der Waals surface area contributed by atoms with Gasteiger partial charge in [0.05, 0.1) is 0 Å². The Morgan fingerprint density at radius 1 is 1.31 bits per heavy atom. The van der Waals surface area contributed by atoms with Crippen molar-refractivity contribution in [2.45, 2.75) is 46.6 Å². The lowest BCUT2D eigenvalue weighted by Crippen LogP contribution is -2.45. The van der Waals surface area contributed by atoms with Crippen molar-refractivity contribution in [3.05, 3.63) is 12.7 Å². The molecule has 0 aromatic rings. The van der Waals surface area contributed by atoms with Gasteiger partial charge in [-0.25, -0.2) is 0 Å². The van der Waals surface area contributed by atoms with E-state index >= 15 is 0 Å². The van der Waals surface area contributed by atoms with Crippen LogP contribution in [-0.2, 0) is 0 Å². The third-order valence-electron chi connectivity index (χ3n) is 2.91. The van der Waals surface area contributed by atoms with Gasteiger partial charge in [-0.1, -0.05) is 19.9 Å². The second-order valence-corrected chi connectivity index (χ2v) is 6.10. The standard InChI is InChI=1S/C14H30N2/c1-7-8-16(14(4,5)6)11-13(10-15)9-12(2)3/h7,12-13H,1,8-11,15H2,2-6H3. The number of rotatable bonds is 7. The van der Waals surface area contributed by atoms with E-state index in [0.29, 0.717) is 5.92 Å². The minimum atomic E-state index is 0.193. The van der Waals surface area contributed by atoms with Gasteiger partial charge in [0.2, 0.25) is 0 Å². The van der Waals surface area contributed by atoms with Crippen LogP contribution in [0.25, 0.3) is 0 Å². The van der Waals surface area contributed by atoms with Gasteiger partial charge in [-0.2, -0.15) is 0 Å². The molecule has 0 saturated carbocycles. The smallest absolute Gasteiger partial charge is 0.0165 e. The molecule has 0 amide bonds. The van der Waals surface area contributed by atoms with Crippen LogP contribution in [0.3, 0.4) is 0 Å². The van der Waals surface area contributed by atoms with Crippen molar-refractivity contribution in [2.24, 2.45) is 17.6 Å². The molecule has 2 heteroatoms. The molecule has 0 aliphatic carbocycles. The molecule has 2 N–H and O–H groups in total. The van der Waals surface area contributed by atoms with Crippen LogP contribution >= 0.6 is 0 Å². The van der Waals surface area contributed by atoms with Gasteiger partial charge in [0, 0.05) is 18.6 Å². The molecule has 16 heavy (non-hydrogen) atoms. The predicted octanol–water partition coefficient (Wildman–Crippen LogP) is 2.89.